The van der Waals surface area contributed by atoms with E-state index in [2.05, 4.69) is 23.8 Å². The first-order chi connectivity index (χ1) is 11.0. The summed E-state index contributed by atoms with van der Waals surface area (Å²) in [6.45, 7) is 8.74. The molecule has 2 N–H and O–H groups in total. The van der Waals surface area contributed by atoms with Crippen molar-refractivity contribution in [1.82, 2.24) is 19.6 Å². The lowest BCUT2D eigenvalue weighted by molar-refractivity contribution is -0.135. The van der Waals surface area contributed by atoms with E-state index >= 15 is 0 Å². The zero-order chi connectivity index (χ0) is 17.0. The number of rotatable bonds is 6. The number of aryl methyl sites for hydroxylation is 2. The van der Waals surface area contributed by atoms with Crippen molar-refractivity contribution in [2.24, 2.45) is 12.8 Å². The molecule has 7 heteroatoms. The van der Waals surface area contributed by atoms with Gasteiger partial charge >= 0.3 is 0 Å². The highest BCUT2D eigenvalue weighted by atomic mass is 16.5. The summed E-state index contributed by atoms with van der Waals surface area (Å²) in [6, 6.07) is 0. The average molecular weight is 323 g/mol. The smallest absolute Gasteiger partial charge is 0.225 e. The number of hydrogen-bond acceptors (Lipinski definition) is 5. The van der Waals surface area contributed by atoms with Crippen molar-refractivity contribution < 1.29 is 9.53 Å². The third-order valence-corrected chi connectivity index (χ3v) is 4.76. The fraction of sp³-hybridized carbons (Fsp3) is 0.750. The zero-order valence-electron chi connectivity index (χ0n) is 14.7. The van der Waals surface area contributed by atoms with Crippen LogP contribution in [0, 0.1) is 13.8 Å². The summed E-state index contributed by atoms with van der Waals surface area (Å²) >= 11 is 0. The summed E-state index contributed by atoms with van der Waals surface area (Å²) in [6.07, 6.45) is 0.189. The maximum absolute atomic E-state index is 12.3. The summed E-state index contributed by atoms with van der Waals surface area (Å²) in [5.41, 5.74) is 9.20. The lowest BCUT2D eigenvalue weighted by Gasteiger charge is -2.35. The predicted octanol–water partition coefficient (Wildman–Crippen LogP) is 0.0449. The van der Waals surface area contributed by atoms with E-state index in [9.17, 15) is 4.79 Å². The van der Waals surface area contributed by atoms with Crippen molar-refractivity contribution in [2.45, 2.75) is 32.9 Å². The molecule has 1 aromatic heterocycles. The summed E-state index contributed by atoms with van der Waals surface area (Å²) in [4.78, 5) is 16.6. The van der Waals surface area contributed by atoms with E-state index in [1.807, 2.05) is 16.6 Å². The molecule has 1 fully saturated rings. The zero-order valence-corrected chi connectivity index (χ0v) is 14.7. The number of piperazine rings is 1. The second-order valence-electron chi connectivity index (χ2n) is 6.23. The molecule has 0 spiro atoms. The van der Waals surface area contributed by atoms with Gasteiger partial charge in [-0.2, -0.15) is 5.10 Å². The molecule has 1 aromatic rings. The number of carbonyl (C=O) groups is 1. The van der Waals surface area contributed by atoms with Crippen LogP contribution >= 0.6 is 0 Å². The lowest BCUT2D eigenvalue weighted by atomic mass is 10.1. The van der Waals surface area contributed by atoms with Crippen molar-refractivity contribution in [2.75, 3.05) is 39.8 Å². The third kappa shape index (κ3) is 4.31. The van der Waals surface area contributed by atoms with Crippen LogP contribution in [-0.2, 0) is 23.1 Å². The van der Waals surface area contributed by atoms with Crippen LogP contribution < -0.4 is 5.73 Å². The van der Waals surface area contributed by atoms with Gasteiger partial charge in [-0.05, 0) is 13.8 Å². The van der Waals surface area contributed by atoms with Crippen LogP contribution in [0.4, 0.5) is 0 Å². The molecule has 1 atom stereocenters. The Kier molecular flexibility index (Phi) is 6.15. The van der Waals surface area contributed by atoms with Crippen molar-refractivity contribution >= 4 is 5.91 Å². The highest BCUT2D eigenvalue weighted by molar-refractivity contribution is 5.76. The van der Waals surface area contributed by atoms with Crippen molar-refractivity contribution in [1.29, 1.82) is 0 Å². The summed E-state index contributed by atoms with van der Waals surface area (Å²) in [7, 11) is 3.58. The molecule has 1 amide bonds. The van der Waals surface area contributed by atoms with Crippen LogP contribution in [0.3, 0.4) is 0 Å². The van der Waals surface area contributed by atoms with Gasteiger partial charge in [0, 0.05) is 64.7 Å². The summed E-state index contributed by atoms with van der Waals surface area (Å²) in [5.74, 6) is 0.135. The van der Waals surface area contributed by atoms with Crippen LogP contribution in [0.2, 0.25) is 0 Å². The minimum Gasteiger partial charge on any atom is -0.380 e. The SMILES string of the molecule is COC(CN)CC(=O)N1CCN(Cc2c(C)nn(C)c2C)CC1. The lowest BCUT2D eigenvalue weighted by Crippen LogP contribution is -2.49. The Morgan fingerprint density at radius 3 is 2.43 bits per heavy atom. The van der Waals surface area contributed by atoms with Gasteiger partial charge in [-0.25, -0.2) is 0 Å². The Hall–Kier alpha value is -1.44. The topological polar surface area (TPSA) is 76.6 Å². The van der Waals surface area contributed by atoms with Crippen molar-refractivity contribution in [3.8, 4) is 0 Å². The molecule has 1 unspecified atom stereocenters. The summed E-state index contributed by atoms with van der Waals surface area (Å²) in [5, 5.41) is 4.47. The molecule has 0 radical (unpaired) electrons. The van der Waals surface area contributed by atoms with E-state index in [4.69, 9.17) is 10.5 Å². The minimum absolute atomic E-state index is 0.135. The van der Waals surface area contributed by atoms with E-state index in [0.29, 0.717) is 13.0 Å². The largest absolute Gasteiger partial charge is 0.380 e. The molecular formula is C16H29N5O2. The maximum atomic E-state index is 12.3. The van der Waals surface area contributed by atoms with Crippen LogP contribution in [0.25, 0.3) is 0 Å². The van der Waals surface area contributed by atoms with E-state index in [1.165, 1.54) is 11.3 Å². The standard InChI is InChI=1S/C16H29N5O2/c1-12-15(13(2)19(3)18-12)11-20-5-7-21(8-6-20)16(22)9-14(10-17)23-4/h14H,5-11,17H2,1-4H3. The summed E-state index contributed by atoms with van der Waals surface area (Å²) < 4.78 is 7.13. The van der Waals surface area contributed by atoms with Crippen LogP contribution in [0.5, 0.6) is 0 Å². The molecule has 1 aliphatic rings. The number of ether oxygens (including phenoxy) is 1. The monoisotopic (exact) mass is 323 g/mol. The molecular weight excluding hydrogens is 294 g/mol. The van der Waals surface area contributed by atoms with E-state index in [1.54, 1.807) is 7.11 Å². The van der Waals surface area contributed by atoms with Gasteiger partial charge in [-0.15, -0.1) is 0 Å². The van der Waals surface area contributed by atoms with Crippen LogP contribution in [0.1, 0.15) is 23.4 Å². The average Bonchev–Trinajstić information content (AvgIpc) is 2.79. The quantitative estimate of drug-likeness (QED) is 0.800. The first kappa shape index (κ1) is 17.9. The van der Waals surface area contributed by atoms with Gasteiger partial charge in [0.05, 0.1) is 18.2 Å². The van der Waals surface area contributed by atoms with Gasteiger partial charge in [0.25, 0.3) is 0 Å². The Balaban J connectivity index is 1.85. The van der Waals surface area contributed by atoms with E-state index < -0.39 is 0 Å². The molecule has 1 aliphatic heterocycles. The third-order valence-electron chi connectivity index (χ3n) is 4.76. The number of nitrogens with two attached hydrogens (primary N) is 1. The van der Waals surface area contributed by atoms with Crippen molar-refractivity contribution in [3.63, 3.8) is 0 Å². The molecule has 130 valence electrons. The van der Waals surface area contributed by atoms with Crippen LogP contribution in [0.15, 0.2) is 0 Å². The first-order valence-electron chi connectivity index (χ1n) is 8.18. The Bertz CT molecular complexity index is 531. The molecule has 0 aliphatic carbocycles. The van der Waals surface area contributed by atoms with Gasteiger partial charge in [0.2, 0.25) is 5.91 Å². The number of hydrogen-bond donors (Lipinski definition) is 1. The molecule has 23 heavy (non-hydrogen) atoms. The Morgan fingerprint density at radius 1 is 1.30 bits per heavy atom. The number of amides is 1. The molecule has 7 nitrogen and oxygen atoms in total. The minimum atomic E-state index is -0.179. The molecule has 2 heterocycles. The van der Waals surface area contributed by atoms with Gasteiger partial charge in [0.1, 0.15) is 0 Å². The normalized spacial score (nSPS) is 17.5. The second-order valence-corrected chi connectivity index (χ2v) is 6.23. The van der Waals surface area contributed by atoms with E-state index in [0.717, 1.165) is 38.4 Å². The Labute approximate surface area is 138 Å². The highest BCUT2D eigenvalue weighted by Gasteiger charge is 2.24. The maximum Gasteiger partial charge on any atom is 0.225 e. The number of nitrogens with zero attached hydrogens (tertiary/aromatic N) is 4. The number of aromatic nitrogens is 2. The van der Waals surface area contributed by atoms with Crippen LogP contribution in [-0.4, -0.2) is 71.4 Å². The van der Waals surface area contributed by atoms with Gasteiger partial charge < -0.3 is 15.4 Å². The molecule has 0 bridgehead atoms. The fourth-order valence-electron chi connectivity index (χ4n) is 3.01. The number of carbonyl (C=O) groups excluding carboxylic acids is 1. The molecule has 1 saturated heterocycles. The van der Waals surface area contributed by atoms with Crippen molar-refractivity contribution in [3.05, 3.63) is 17.0 Å². The fourth-order valence-corrected chi connectivity index (χ4v) is 3.01. The second kappa shape index (κ2) is 7.90. The highest BCUT2D eigenvalue weighted by Crippen LogP contribution is 2.16. The number of methoxy groups -OCH3 is 1. The van der Waals surface area contributed by atoms with E-state index in [-0.39, 0.29) is 12.0 Å². The first-order valence-corrected chi connectivity index (χ1v) is 8.18. The predicted molar refractivity (Wildman–Crippen MR) is 89.0 cm³/mol. The Morgan fingerprint density at radius 2 is 1.96 bits per heavy atom. The van der Waals surface area contributed by atoms with Gasteiger partial charge in [0.15, 0.2) is 0 Å². The van der Waals surface area contributed by atoms with Gasteiger partial charge in [-0.3, -0.25) is 14.4 Å². The molecule has 0 aromatic carbocycles. The molecule has 2 rings (SSSR count). The van der Waals surface area contributed by atoms with Gasteiger partial charge in [-0.1, -0.05) is 0 Å². The molecule has 0 saturated carbocycles.